The zero-order valence-corrected chi connectivity index (χ0v) is 8.95. The molecule has 2 N–H and O–H groups in total. The standard InChI is InChI=1S/C9H9BrN4/c10-7-3-8(5-11-4-7)14-6-9-12-1-2-13-9/h1-5,14H,6H2,(H,12,13). The molecule has 5 heteroatoms. The molecule has 0 aliphatic rings. The average molecular weight is 253 g/mol. The van der Waals surface area contributed by atoms with Crippen molar-refractivity contribution in [1.82, 2.24) is 15.0 Å². The SMILES string of the molecule is Brc1cncc(NCc2ncc[nH]2)c1. The van der Waals surface area contributed by atoms with Crippen molar-refractivity contribution < 1.29 is 0 Å². The van der Waals surface area contributed by atoms with Gasteiger partial charge in [-0.2, -0.15) is 0 Å². The summed E-state index contributed by atoms with van der Waals surface area (Å²) in [6, 6.07) is 1.97. The maximum atomic E-state index is 4.10. The van der Waals surface area contributed by atoms with Crippen molar-refractivity contribution in [2.75, 3.05) is 5.32 Å². The number of nitrogens with one attached hydrogen (secondary N) is 2. The van der Waals surface area contributed by atoms with Crippen molar-refractivity contribution in [1.29, 1.82) is 0 Å². The lowest BCUT2D eigenvalue weighted by atomic mass is 10.4. The number of halogens is 1. The number of aromatic nitrogens is 3. The minimum absolute atomic E-state index is 0.672. The van der Waals surface area contributed by atoms with Gasteiger partial charge in [-0.1, -0.05) is 0 Å². The van der Waals surface area contributed by atoms with Crippen LogP contribution < -0.4 is 5.32 Å². The van der Waals surface area contributed by atoms with E-state index >= 15 is 0 Å². The van der Waals surface area contributed by atoms with Gasteiger partial charge in [0.05, 0.1) is 18.4 Å². The van der Waals surface area contributed by atoms with Crippen LogP contribution >= 0.6 is 15.9 Å². The van der Waals surface area contributed by atoms with E-state index in [2.05, 4.69) is 36.2 Å². The monoisotopic (exact) mass is 252 g/mol. The van der Waals surface area contributed by atoms with E-state index in [-0.39, 0.29) is 0 Å². The van der Waals surface area contributed by atoms with Gasteiger partial charge in [-0.05, 0) is 22.0 Å². The molecule has 0 aliphatic heterocycles. The van der Waals surface area contributed by atoms with E-state index in [0.717, 1.165) is 16.0 Å². The molecule has 0 atom stereocenters. The predicted molar refractivity (Wildman–Crippen MR) is 57.9 cm³/mol. The largest absolute Gasteiger partial charge is 0.377 e. The zero-order chi connectivity index (χ0) is 9.80. The Balaban J connectivity index is 1.98. The van der Waals surface area contributed by atoms with Crippen LogP contribution in [0.15, 0.2) is 35.3 Å². The number of H-pyrrole nitrogens is 1. The van der Waals surface area contributed by atoms with Crippen molar-refractivity contribution in [3.8, 4) is 0 Å². The lowest BCUT2D eigenvalue weighted by Crippen LogP contribution is -2.01. The first-order valence-corrected chi connectivity index (χ1v) is 4.96. The smallest absolute Gasteiger partial charge is 0.125 e. The Morgan fingerprint density at radius 2 is 2.36 bits per heavy atom. The fraction of sp³-hybridized carbons (Fsp3) is 0.111. The molecule has 2 heterocycles. The van der Waals surface area contributed by atoms with Gasteiger partial charge in [0.25, 0.3) is 0 Å². The van der Waals surface area contributed by atoms with E-state index in [9.17, 15) is 0 Å². The Morgan fingerprint density at radius 1 is 1.43 bits per heavy atom. The molecule has 72 valence electrons. The Kier molecular flexibility index (Phi) is 2.78. The molecule has 0 aromatic carbocycles. The maximum Gasteiger partial charge on any atom is 0.125 e. The van der Waals surface area contributed by atoms with Gasteiger partial charge in [0, 0.05) is 23.1 Å². The zero-order valence-electron chi connectivity index (χ0n) is 7.37. The highest BCUT2D eigenvalue weighted by Crippen LogP contribution is 2.13. The maximum absolute atomic E-state index is 4.10. The van der Waals surface area contributed by atoms with Gasteiger partial charge in [-0.15, -0.1) is 0 Å². The molecule has 0 spiro atoms. The van der Waals surface area contributed by atoms with E-state index in [1.54, 1.807) is 24.8 Å². The number of anilines is 1. The van der Waals surface area contributed by atoms with Gasteiger partial charge in [-0.25, -0.2) is 4.98 Å². The highest BCUT2D eigenvalue weighted by atomic mass is 79.9. The van der Waals surface area contributed by atoms with Crippen LogP contribution in [0.2, 0.25) is 0 Å². The van der Waals surface area contributed by atoms with Crippen molar-refractivity contribution in [3.05, 3.63) is 41.2 Å². The van der Waals surface area contributed by atoms with E-state index in [4.69, 9.17) is 0 Å². The summed E-state index contributed by atoms with van der Waals surface area (Å²) < 4.78 is 0.960. The van der Waals surface area contributed by atoms with Gasteiger partial charge >= 0.3 is 0 Å². The molecule has 0 bridgehead atoms. The quantitative estimate of drug-likeness (QED) is 0.881. The number of hydrogen-bond acceptors (Lipinski definition) is 3. The second kappa shape index (κ2) is 4.23. The third-order valence-electron chi connectivity index (χ3n) is 1.72. The van der Waals surface area contributed by atoms with Crippen LogP contribution in [-0.4, -0.2) is 15.0 Å². The molecule has 0 amide bonds. The fourth-order valence-corrected chi connectivity index (χ4v) is 1.45. The molecule has 2 aromatic rings. The fourth-order valence-electron chi connectivity index (χ4n) is 1.09. The first-order chi connectivity index (χ1) is 6.84. The normalized spacial score (nSPS) is 10.1. The first kappa shape index (κ1) is 9.21. The molecule has 0 unspecified atom stereocenters. The number of pyridine rings is 1. The number of nitrogens with zero attached hydrogens (tertiary/aromatic N) is 2. The van der Waals surface area contributed by atoms with Crippen molar-refractivity contribution in [2.24, 2.45) is 0 Å². The number of imidazole rings is 1. The number of hydrogen-bond donors (Lipinski definition) is 2. The van der Waals surface area contributed by atoms with Gasteiger partial charge < -0.3 is 10.3 Å². The van der Waals surface area contributed by atoms with E-state index < -0.39 is 0 Å². The predicted octanol–water partition coefficient (Wildman–Crippen LogP) is 2.18. The molecule has 0 fully saturated rings. The van der Waals surface area contributed by atoms with Crippen molar-refractivity contribution >= 4 is 21.6 Å². The van der Waals surface area contributed by atoms with Gasteiger partial charge in [-0.3, -0.25) is 4.98 Å². The molecular formula is C9H9BrN4. The van der Waals surface area contributed by atoms with Crippen LogP contribution in [0.4, 0.5) is 5.69 Å². The van der Waals surface area contributed by atoms with Crippen LogP contribution in [0.5, 0.6) is 0 Å². The van der Waals surface area contributed by atoms with Crippen LogP contribution in [-0.2, 0) is 6.54 Å². The van der Waals surface area contributed by atoms with E-state index in [0.29, 0.717) is 6.54 Å². The number of rotatable bonds is 3. The van der Waals surface area contributed by atoms with E-state index in [1.807, 2.05) is 6.07 Å². The number of aromatic amines is 1. The van der Waals surface area contributed by atoms with E-state index in [1.165, 1.54) is 0 Å². The summed E-state index contributed by atoms with van der Waals surface area (Å²) in [6.45, 7) is 0.672. The van der Waals surface area contributed by atoms with Gasteiger partial charge in [0.15, 0.2) is 0 Å². The minimum Gasteiger partial charge on any atom is -0.377 e. The molecule has 0 saturated carbocycles. The first-order valence-electron chi connectivity index (χ1n) is 4.17. The highest BCUT2D eigenvalue weighted by molar-refractivity contribution is 9.10. The summed E-state index contributed by atoms with van der Waals surface area (Å²) in [5, 5.41) is 3.20. The average Bonchev–Trinajstić information content (AvgIpc) is 2.67. The molecule has 2 rings (SSSR count). The van der Waals surface area contributed by atoms with Gasteiger partial charge in [0.2, 0.25) is 0 Å². The summed E-state index contributed by atoms with van der Waals surface area (Å²) >= 11 is 3.35. The van der Waals surface area contributed by atoms with Crippen LogP contribution in [0.1, 0.15) is 5.82 Å². The summed E-state index contributed by atoms with van der Waals surface area (Å²) in [5.41, 5.74) is 0.968. The summed E-state index contributed by atoms with van der Waals surface area (Å²) in [4.78, 5) is 11.2. The molecule has 0 radical (unpaired) electrons. The lowest BCUT2D eigenvalue weighted by molar-refractivity contribution is 0.997. The molecule has 4 nitrogen and oxygen atoms in total. The molecule has 14 heavy (non-hydrogen) atoms. The molecule has 0 aliphatic carbocycles. The second-order valence-electron chi connectivity index (χ2n) is 2.78. The van der Waals surface area contributed by atoms with Gasteiger partial charge in [0.1, 0.15) is 5.82 Å². The highest BCUT2D eigenvalue weighted by Gasteiger charge is 1.96. The minimum atomic E-state index is 0.672. The second-order valence-corrected chi connectivity index (χ2v) is 3.70. The lowest BCUT2D eigenvalue weighted by Gasteiger charge is -2.03. The molecule has 0 saturated heterocycles. The van der Waals surface area contributed by atoms with Crippen LogP contribution in [0.25, 0.3) is 0 Å². The Hall–Kier alpha value is -1.36. The molecule has 2 aromatic heterocycles. The Bertz CT molecular complexity index is 399. The topological polar surface area (TPSA) is 53.6 Å². The summed E-state index contributed by atoms with van der Waals surface area (Å²) in [6.07, 6.45) is 7.05. The third-order valence-corrected chi connectivity index (χ3v) is 2.15. The Labute approximate surface area is 89.9 Å². The molecular weight excluding hydrogens is 244 g/mol. The van der Waals surface area contributed by atoms with Crippen molar-refractivity contribution in [3.63, 3.8) is 0 Å². The third kappa shape index (κ3) is 2.32. The summed E-state index contributed by atoms with van der Waals surface area (Å²) in [7, 11) is 0. The van der Waals surface area contributed by atoms with Crippen LogP contribution in [0.3, 0.4) is 0 Å². The van der Waals surface area contributed by atoms with Crippen LogP contribution in [0, 0.1) is 0 Å². The Morgan fingerprint density at radius 3 is 3.07 bits per heavy atom. The van der Waals surface area contributed by atoms with Crippen molar-refractivity contribution in [2.45, 2.75) is 6.54 Å². The summed E-state index contributed by atoms with van der Waals surface area (Å²) in [5.74, 6) is 0.907.